The zero-order chi connectivity index (χ0) is 21.3. The van der Waals surface area contributed by atoms with Crippen molar-refractivity contribution >= 4 is 44.8 Å². The third kappa shape index (κ3) is 4.05. The number of piperazine rings is 1. The number of benzene rings is 2. The smallest absolute Gasteiger partial charge is 0.266 e. The number of carbonyl (C=O) groups excluding carboxylic acids is 1. The molecule has 1 amide bonds. The van der Waals surface area contributed by atoms with Crippen LogP contribution in [0.2, 0.25) is 10.0 Å². The van der Waals surface area contributed by atoms with Gasteiger partial charge < -0.3 is 9.74 Å². The minimum absolute atomic E-state index is 0.0750. The molecule has 0 spiro atoms. The van der Waals surface area contributed by atoms with E-state index >= 15 is 0 Å². The number of amides is 1. The Morgan fingerprint density at radius 1 is 0.967 bits per heavy atom. The average Bonchev–Trinajstić information content (AvgIpc) is 3.24. The molecule has 0 aromatic heterocycles. The van der Waals surface area contributed by atoms with Crippen LogP contribution in [0.5, 0.6) is 0 Å². The van der Waals surface area contributed by atoms with Gasteiger partial charge in [-0.1, -0.05) is 64.8 Å². The largest absolute Gasteiger partial charge is 0.382 e. The summed E-state index contributed by atoms with van der Waals surface area (Å²) in [6.07, 6.45) is -0.308. The number of hydrogen-bond donors (Lipinski definition) is 0. The first-order chi connectivity index (χ1) is 14.4. The normalized spacial score (nSPS) is 20.0. The lowest BCUT2D eigenvalue weighted by Gasteiger charge is -2.35. The number of nitrogens with zero attached hydrogens (tertiary/aromatic N) is 3. The maximum atomic E-state index is 13.0. The van der Waals surface area contributed by atoms with E-state index in [1.54, 1.807) is 11.0 Å². The van der Waals surface area contributed by atoms with Gasteiger partial charge in [-0.05, 0) is 17.7 Å². The number of sulfonamides is 1. The van der Waals surface area contributed by atoms with Gasteiger partial charge in [-0.3, -0.25) is 4.79 Å². The van der Waals surface area contributed by atoms with Crippen molar-refractivity contribution in [3.05, 3.63) is 64.1 Å². The molecule has 0 bridgehead atoms. The summed E-state index contributed by atoms with van der Waals surface area (Å²) in [4.78, 5) is 19.7. The van der Waals surface area contributed by atoms with Gasteiger partial charge in [0.15, 0.2) is 0 Å². The lowest BCUT2D eigenvalue weighted by molar-refractivity contribution is -0.143. The second kappa shape index (κ2) is 8.55. The van der Waals surface area contributed by atoms with E-state index in [0.29, 0.717) is 6.42 Å². The molecule has 158 valence electrons. The molecule has 4 rings (SSSR count). The van der Waals surface area contributed by atoms with E-state index in [4.69, 9.17) is 28.0 Å². The number of hydrogen-bond acceptors (Lipinski definition) is 5. The molecule has 30 heavy (non-hydrogen) atoms. The van der Waals surface area contributed by atoms with Crippen molar-refractivity contribution in [1.29, 1.82) is 0 Å². The molecule has 1 unspecified atom stereocenters. The number of oxime groups is 1. The van der Waals surface area contributed by atoms with E-state index in [-0.39, 0.29) is 47.0 Å². The van der Waals surface area contributed by atoms with E-state index < -0.39 is 16.1 Å². The predicted molar refractivity (Wildman–Crippen MR) is 114 cm³/mol. The number of carbonyl (C=O) groups is 1. The fourth-order valence-electron chi connectivity index (χ4n) is 3.52. The molecular formula is C20H19Cl2N3O4S. The Hall–Kier alpha value is -2.13. The van der Waals surface area contributed by atoms with Gasteiger partial charge in [0.05, 0.1) is 15.8 Å². The zero-order valence-electron chi connectivity index (χ0n) is 15.9. The summed E-state index contributed by atoms with van der Waals surface area (Å²) >= 11 is 12.2. The van der Waals surface area contributed by atoms with Crippen LogP contribution in [0, 0.1) is 0 Å². The monoisotopic (exact) mass is 467 g/mol. The van der Waals surface area contributed by atoms with Crippen LogP contribution in [0.15, 0.2) is 58.6 Å². The summed E-state index contributed by atoms with van der Waals surface area (Å²) in [6, 6.07) is 14.1. The highest BCUT2D eigenvalue weighted by molar-refractivity contribution is 7.89. The van der Waals surface area contributed by atoms with E-state index in [9.17, 15) is 13.2 Å². The SMILES string of the molecule is O=C(C1CC(c2ccccc2)=NO1)N1CCN(S(=O)(=O)c2c(Cl)cccc2Cl)CC1. The first kappa shape index (κ1) is 21.1. The van der Waals surface area contributed by atoms with Crippen molar-refractivity contribution in [3.63, 3.8) is 0 Å². The predicted octanol–water partition coefficient (Wildman–Crippen LogP) is 3.02. The fraction of sp³-hybridized carbons (Fsp3) is 0.300. The van der Waals surface area contributed by atoms with Crippen molar-refractivity contribution in [3.8, 4) is 0 Å². The molecule has 2 heterocycles. The maximum absolute atomic E-state index is 13.0. The van der Waals surface area contributed by atoms with E-state index in [0.717, 1.165) is 11.3 Å². The Bertz CT molecular complexity index is 1060. The van der Waals surface area contributed by atoms with Gasteiger partial charge in [-0.15, -0.1) is 0 Å². The summed E-state index contributed by atoms with van der Waals surface area (Å²) in [7, 11) is -3.86. The molecular weight excluding hydrogens is 449 g/mol. The highest BCUT2D eigenvalue weighted by atomic mass is 35.5. The average molecular weight is 468 g/mol. The van der Waals surface area contributed by atoms with E-state index in [1.165, 1.54) is 16.4 Å². The Kier molecular flexibility index (Phi) is 6.02. The van der Waals surface area contributed by atoms with Crippen LogP contribution in [-0.4, -0.2) is 61.5 Å². The molecule has 7 nitrogen and oxygen atoms in total. The van der Waals surface area contributed by atoms with Crippen molar-refractivity contribution < 1.29 is 18.0 Å². The van der Waals surface area contributed by atoms with Gasteiger partial charge in [0, 0.05) is 32.6 Å². The summed E-state index contributed by atoms with van der Waals surface area (Å²) in [5.41, 5.74) is 1.64. The second-order valence-electron chi connectivity index (χ2n) is 6.98. The van der Waals surface area contributed by atoms with Crippen LogP contribution < -0.4 is 0 Å². The van der Waals surface area contributed by atoms with Gasteiger partial charge in [0.25, 0.3) is 5.91 Å². The first-order valence-electron chi connectivity index (χ1n) is 9.39. The third-order valence-electron chi connectivity index (χ3n) is 5.12. The molecule has 1 saturated heterocycles. The molecule has 2 aliphatic rings. The minimum Gasteiger partial charge on any atom is -0.382 e. The van der Waals surface area contributed by atoms with Crippen LogP contribution in [0.25, 0.3) is 0 Å². The van der Waals surface area contributed by atoms with Crippen LogP contribution in [-0.2, 0) is 19.7 Å². The van der Waals surface area contributed by atoms with Crippen molar-refractivity contribution in [2.75, 3.05) is 26.2 Å². The zero-order valence-corrected chi connectivity index (χ0v) is 18.2. The van der Waals surface area contributed by atoms with Crippen LogP contribution in [0.1, 0.15) is 12.0 Å². The summed E-state index contributed by atoms with van der Waals surface area (Å²) < 4.78 is 27.2. The Morgan fingerprint density at radius 2 is 1.60 bits per heavy atom. The quantitative estimate of drug-likeness (QED) is 0.691. The molecule has 0 N–H and O–H groups in total. The van der Waals surface area contributed by atoms with Gasteiger partial charge >= 0.3 is 0 Å². The lowest BCUT2D eigenvalue weighted by Crippen LogP contribution is -2.52. The summed E-state index contributed by atoms with van der Waals surface area (Å²) in [5.74, 6) is -0.197. The molecule has 0 radical (unpaired) electrons. The molecule has 1 fully saturated rings. The van der Waals surface area contributed by atoms with Gasteiger partial charge in [0.1, 0.15) is 4.90 Å². The first-order valence-corrected chi connectivity index (χ1v) is 11.6. The minimum atomic E-state index is -3.86. The molecule has 0 aliphatic carbocycles. The third-order valence-corrected chi connectivity index (χ3v) is 7.97. The van der Waals surface area contributed by atoms with Crippen LogP contribution >= 0.6 is 23.2 Å². The number of rotatable bonds is 4. The standard InChI is InChI=1S/C20H19Cl2N3O4S/c21-15-7-4-8-16(22)19(15)30(27,28)25-11-9-24(10-12-25)20(26)18-13-17(23-29-18)14-5-2-1-3-6-14/h1-8,18H,9-13H2. The fourth-order valence-corrected chi connectivity index (χ4v) is 6.03. The summed E-state index contributed by atoms with van der Waals surface area (Å²) in [6.45, 7) is 0.796. The summed E-state index contributed by atoms with van der Waals surface area (Å²) in [5, 5.41) is 4.20. The van der Waals surface area contributed by atoms with Gasteiger partial charge in [0.2, 0.25) is 16.1 Å². The van der Waals surface area contributed by atoms with Crippen molar-refractivity contribution in [2.45, 2.75) is 17.4 Å². The highest BCUT2D eigenvalue weighted by Crippen LogP contribution is 2.32. The molecule has 2 aliphatic heterocycles. The highest BCUT2D eigenvalue weighted by Gasteiger charge is 2.37. The topological polar surface area (TPSA) is 79.3 Å². The molecule has 10 heteroatoms. The molecule has 2 aromatic rings. The maximum Gasteiger partial charge on any atom is 0.266 e. The Balaban J connectivity index is 1.39. The molecule has 1 atom stereocenters. The van der Waals surface area contributed by atoms with Crippen molar-refractivity contribution in [2.24, 2.45) is 5.16 Å². The van der Waals surface area contributed by atoms with Crippen LogP contribution in [0.4, 0.5) is 0 Å². The Labute approximate surface area is 184 Å². The Morgan fingerprint density at radius 3 is 2.23 bits per heavy atom. The van der Waals surface area contributed by atoms with Gasteiger partial charge in [-0.25, -0.2) is 8.42 Å². The second-order valence-corrected chi connectivity index (χ2v) is 9.67. The van der Waals surface area contributed by atoms with Gasteiger partial charge in [-0.2, -0.15) is 4.31 Å². The molecule has 0 saturated carbocycles. The molecule has 2 aromatic carbocycles. The van der Waals surface area contributed by atoms with E-state index in [2.05, 4.69) is 5.16 Å². The van der Waals surface area contributed by atoms with Crippen molar-refractivity contribution in [1.82, 2.24) is 9.21 Å². The van der Waals surface area contributed by atoms with E-state index in [1.807, 2.05) is 30.3 Å². The number of halogens is 2. The lowest BCUT2D eigenvalue weighted by atomic mass is 10.0. The van der Waals surface area contributed by atoms with Crippen LogP contribution in [0.3, 0.4) is 0 Å².